The molecule has 2 rings (SSSR count). The zero-order chi connectivity index (χ0) is 12.6. The van der Waals surface area contributed by atoms with Gasteiger partial charge >= 0.3 is 5.97 Å². The average Bonchev–Trinajstić information content (AvgIpc) is 2.65. The zero-order valence-electron chi connectivity index (χ0n) is 9.94. The Bertz CT molecular complexity index is 564. The Morgan fingerprint density at radius 1 is 1.24 bits per heavy atom. The normalized spacial score (nSPS) is 10.5. The SMILES string of the molecule is Cc1cc(C)c(-c2csc(C(=O)O)n2)c(C)c1. The molecule has 0 radical (unpaired) electrons. The number of thiazole rings is 1. The number of benzene rings is 1. The van der Waals surface area contributed by atoms with E-state index < -0.39 is 5.97 Å². The fourth-order valence-corrected chi connectivity index (χ4v) is 2.72. The summed E-state index contributed by atoms with van der Waals surface area (Å²) in [6.07, 6.45) is 0. The van der Waals surface area contributed by atoms with E-state index in [1.807, 2.05) is 20.8 Å². The van der Waals surface area contributed by atoms with Gasteiger partial charge in [-0.05, 0) is 31.9 Å². The van der Waals surface area contributed by atoms with Gasteiger partial charge in [0.15, 0.2) is 0 Å². The fourth-order valence-electron chi connectivity index (χ4n) is 2.07. The number of aryl methyl sites for hydroxylation is 3. The van der Waals surface area contributed by atoms with Crippen molar-refractivity contribution in [3.05, 3.63) is 39.2 Å². The number of carboxylic acids is 1. The van der Waals surface area contributed by atoms with Crippen LogP contribution in [0.3, 0.4) is 0 Å². The highest BCUT2D eigenvalue weighted by Gasteiger charge is 2.13. The van der Waals surface area contributed by atoms with E-state index in [0.717, 1.165) is 33.7 Å². The molecule has 1 aromatic heterocycles. The van der Waals surface area contributed by atoms with Crippen LogP contribution in [-0.2, 0) is 0 Å². The van der Waals surface area contributed by atoms with E-state index >= 15 is 0 Å². The van der Waals surface area contributed by atoms with Crippen LogP contribution in [0.4, 0.5) is 0 Å². The van der Waals surface area contributed by atoms with E-state index in [9.17, 15) is 4.79 Å². The summed E-state index contributed by atoms with van der Waals surface area (Å²) in [6.45, 7) is 6.09. The molecule has 3 nitrogen and oxygen atoms in total. The molecule has 0 unspecified atom stereocenters. The molecule has 0 saturated carbocycles. The number of aromatic carboxylic acids is 1. The van der Waals surface area contributed by atoms with Crippen molar-refractivity contribution in [3.63, 3.8) is 0 Å². The summed E-state index contributed by atoms with van der Waals surface area (Å²) in [4.78, 5) is 15.0. The number of hydrogen-bond donors (Lipinski definition) is 1. The van der Waals surface area contributed by atoms with Crippen LogP contribution in [0.15, 0.2) is 17.5 Å². The predicted molar refractivity (Wildman–Crippen MR) is 68.7 cm³/mol. The second kappa shape index (κ2) is 4.30. The highest BCUT2D eigenvalue weighted by atomic mass is 32.1. The lowest BCUT2D eigenvalue weighted by atomic mass is 9.98. The Morgan fingerprint density at radius 3 is 2.29 bits per heavy atom. The first kappa shape index (κ1) is 11.8. The van der Waals surface area contributed by atoms with Gasteiger partial charge in [0, 0.05) is 10.9 Å². The molecule has 0 bridgehead atoms. The number of nitrogens with zero attached hydrogens (tertiary/aromatic N) is 1. The number of carbonyl (C=O) groups is 1. The van der Waals surface area contributed by atoms with Crippen molar-refractivity contribution in [1.82, 2.24) is 4.98 Å². The van der Waals surface area contributed by atoms with Crippen molar-refractivity contribution in [2.75, 3.05) is 0 Å². The first-order valence-corrected chi connectivity index (χ1v) is 6.14. The largest absolute Gasteiger partial charge is 0.476 e. The minimum Gasteiger partial charge on any atom is -0.476 e. The maximum absolute atomic E-state index is 10.8. The molecule has 1 N–H and O–H groups in total. The van der Waals surface area contributed by atoms with Crippen LogP contribution in [0.5, 0.6) is 0 Å². The molecule has 1 heterocycles. The number of carboxylic acid groups (broad SMARTS) is 1. The van der Waals surface area contributed by atoms with Gasteiger partial charge in [-0.2, -0.15) is 0 Å². The third-order valence-corrected chi connectivity index (χ3v) is 3.45. The molecule has 0 atom stereocenters. The van der Waals surface area contributed by atoms with E-state index in [4.69, 9.17) is 5.11 Å². The van der Waals surface area contributed by atoms with Crippen LogP contribution < -0.4 is 0 Å². The monoisotopic (exact) mass is 247 g/mol. The van der Waals surface area contributed by atoms with Crippen molar-refractivity contribution in [3.8, 4) is 11.3 Å². The van der Waals surface area contributed by atoms with Gasteiger partial charge in [-0.15, -0.1) is 11.3 Å². The van der Waals surface area contributed by atoms with Crippen molar-refractivity contribution in [2.45, 2.75) is 20.8 Å². The summed E-state index contributed by atoms with van der Waals surface area (Å²) in [5.74, 6) is -0.969. The fraction of sp³-hybridized carbons (Fsp3) is 0.231. The van der Waals surface area contributed by atoms with E-state index in [0.29, 0.717) is 0 Å². The molecule has 88 valence electrons. The summed E-state index contributed by atoms with van der Waals surface area (Å²) in [7, 11) is 0. The molecule has 2 aromatic rings. The second-order valence-electron chi connectivity index (χ2n) is 4.12. The first-order chi connectivity index (χ1) is 7.99. The van der Waals surface area contributed by atoms with Crippen LogP contribution in [-0.4, -0.2) is 16.1 Å². The maximum atomic E-state index is 10.8. The lowest BCUT2D eigenvalue weighted by Gasteiger charge is -2.08. The van der Waals surface area contributed by atoms with Crippen LogP contribution in [0.1, 0.15) is 26.5 Å². The van der Waals surface area contributed by atoms with Gasteiger partial charge in [-0.3, -0.25) is 0 Å². The summed E-state index contributed by atoms with van der Waals surface area (Å²) >= 11 is 1.16. The molecule has 1 aromatic carbocycles. The Labute approximate surface area is 104 Å². The van der Waals surface area contributed by atoms with Gasteiger partial charge in [-0.1, -0.05) is 17.7 Å². The minimum absolute atomic E-state index is 0.138. The summed E-state index contributed by atoms with van der Waals surface area (Å²) in [5, 5.41) is 10.8. The standard InChI is InChI=1S/C13H13NO2S/c1-7-4-8(2)11(9(3)5-7)10-6-17-12(14-10)13(15)16/h4-6H,1-3H3,(H,15,16). The molecule has 17 heavy (non-hydrogen) atoms. The highest BCUT2D eigenvalue weighted by molar-refractivity contribution is 7.11. The van der Waals surface area contributed by atoms with E-state index in [-0.39, 0.29) is 5.01 Å². The highest BCUT2D eigenvalue weighted by Crippen LogP contribution is 2.29. The second-order valence-corrected chi connectivity index (χ2v) is 4.97. The Hall–Kier alpha value is -1.68. The third-order valence-electron chi connectivity index (χ3n) is 2.62. The van der Waals surface area contributed by atoms with Gasteiger partial charge in [0.05, 0.1) is 5.69 Å². The lowest BCUT2D eigenvalue weighted by molar-refractivity contribution is 0.0696. The topological polar surface area (TPSA) is 50.2 Å². The van der Waals surface area contributed by atoms with Crippen LogP contribution >= 0.6 is 11.3 Å². The third kappa shape index (κ3) is 2.22. The van der Waals surface area contributed by atoms with E-state index in [2.05, 4.69) is 17.1 Å². The quantitative estimate of drug-likeness (QED) is 0.884. The van der Waals surface area contributed by atoms with Crippen molar-refractivity contribution in [2.24, 2.45) is 0 Å². The predicted octanol–water partition coefficient (Wildman–Crippen LogP) is 3.43. The molecular formula is C13H13NO2S. The number of aromatic nitrogens is 1. The Balaban J connectivity index is 2.56. The molecule has 4 heteroatoms. The molecule has 0 spiro atoms. The van der Waals surface area contributed by atoms with Gasteiger partial charge in [0.2, 0.25) is 5.01 Å². The van der Waals surface area contributed by atoms with Gasteiger partial charge in [-0.25, -0.2) is 9.78 Å². The summed E-state index contributed by atoms with van der Waals surface area (Å²) in [6, 6.07) is 4.17. The zero-order valence-corrected chi connectivity index (χ0v) is 10.8. The van der Waals surface area contributed by atoms with Gasteiger partial charge in [0.25, 0.3) is 0 Å². The van der Waals surface area contributed by atoms with Crippen LogP contribution in [0, 0.1) is 20.8 Å². The molecular weight excluding hydrogens is 234 g/mol. The summed E-state index contributed by atoms with van der Waals surface area (Å²) in [5.41, 5.74) is 5.26. The Morgan fingerprint density at radius 2 is 1.82 bits per heavy atom. The smallest absolute Gasteiger partial charge is 0.365 e. The number of hydrogen-bond acceptors (Lipinski definition) is 3. The van der Waals surface area contributed by atoms with E-state index in [1.165, 1.54) is 5.56 Å². The van der Waals surface area contributed by atoms with E-state index in [1.54, 1.807) is 5.38 Å². The van der Waals surface area contributed by atoms with Crippen molar-refractivity contribution < 1.29 is 9.90 Å². The maximum Gasteiger partial charge on any atom is 0.365 e. The van der Waals surface area contributed by atoms with Crippen LogP contribution in [0.25, 0.3) is 11.3 Å². The molecule has 0 saturated heterocycles. The molecule has 0 aliphatic rings. The minimum atomic E-state index is -0.969. The molecule has 0 aliphatic heterocycles. The molecule has 0 amide bonds. The average molecular weight is 247 g/mol. The van der Waals surface area contributed by atoms with Crippen molar-refractivity contribution in [1.29, 1.82) is 0 Å². The first-order valence-electron chi connectivity index (χ1n) is 5.26. The Kier molecular flexibility index (Phi) is 2.98. The van der Waals surface area contributed by atoms with Crippen molar-refractivity contribution >= 4 is 17.3 Å². The lowest BCUT2D eigenvalue weighted by Crippen LogP contribution is -1.95. The van der Waals surface area contributed by atoms with Gasteiger partial charge < -0.3 is 5.11 Å². The van der Waals surface area contributed by atoms with Gasteiger partial charge in [0.1, 0.15) is 0 Å². The number of rotatable bonds is 2. The molecule has 0 fully saturated rings. The summed E-state index contributed by atoms with van der Waals surface area (Å²) < 4.78 is 0. The van der Waals surface area contributed by atoms with Crippen LogP contribution in [0.2, 0.25) is 0 Å². The molecule has 0 aliphatic carbocycles.